The summed E-state index contributed by atoms with van der Waals surface area (Å²) in [6.07, 6.45) is -1.17. The number of Topliss-reactive ketones (excluding diaryl/α,β-unsaturated/α-hetero) is 1. The minimum absolute atomic E-state index is 0.0357. The molecule has 5 heteroatoms. The van der Waals surface area contributed by atoms with Crippen LogP contribution in [0.1, 0.15) is 46.0 Å². The zero-order valence-electron chi connectivity index (χ0n) is 13.0. The molecule has 1 aliphatic carbocycles. The lowest BCUT2D eigenvalue weighted by Gasteiger charge is -2.37. The first-order chi connectivity index (χ1) is 9.77. The van der Waals surface area contributed by atoms with Crippen LogP contribution >= 0.6 is 0 Å². The van der Waals surface area contributed by atoms with Crippen LogP contribution in [0.3, 0.4) is 0 Å². The summed E-state index contributed by atoms with van der Waals surface area (Å²) in [5, 5.41) is 0. The molecule has 0 radical (unpaired) electrons. The van der Waals surface area contributed by atoms with E-state index in [0.717, 1.165) is 12.8 Å². The number of ketones is 1. The second-order valence-corrected chi connectivity index (χ2v) is 7.06. The molecule has 0 bridgehead atoms. The van der Waals surface area contributed by atoms with E-state index in [0.29, 0.717) is 43.7 Å². The van der Waals surface area contributed by atoms with Crippen LogP contribution in [0, 0.1) is 23.7 Å². The average Bonchev–Trinajstić information content (AvgIpc) is 2.40. The molecule has 0 amide bonds. The van der Waals surface area contributed by atoms with Crippen LogP contribution in [0.5, 0.6) is 0 Å². The Bertz CT molecular complexity index is 359. The summed E-state index contributed by atoms with van der Waals surface area (Å²) in [5.74, 6) is 0.356. The van der Waals surface area contributed by atoms with Crippen molar-refractivity contribution < 1.29 is 18.0 Å². The maximum Gasteiger partial charge on any atom is 0.391 e. The van der Waals surface area contributed by atoms with Crippen molar-refractivity contribution >= 4 is 5.78 Å². The van der Waals surface area contributed by atoms with Gasteiger partial charge in [0.2, 0.25) is 0 Å². The van der Waals surface area contributed by atoms with Gasteiger partial charge in [0.05, 0.1) is 5.92 Å². The number of carbonyl (C=O) groups is 1. The molecule has 2 aliphatic rings. The highest BCUT2D eigenvalue weighted by Gasteiger charge is 2.41. The van der Waals surface area contributed by atoms with E-state index >= 15 is 0 Å². The van der Waals surface area contributed by atoms with E-state index in [9.17, 15) is 18.0 Å². The number of carbonyl (C=O) groups excluding carboxylic acids is 1. The Kier molecular flexibility index (Phi) is 5.33. The monoisotopic (exact) mass is 305 g/mol. The molecule has 2 rings (SSSR count). The van der Waals surface area contributed by atoms with Crippen molar-refractivity contribution in [3.63, 3.8) is 0 Å². The molecule has 2 fully saturated rings. The molecule has 2 nitrogen and oxygen atoms in total. The zero-order chi connectivity index (χ0) is 15.6. The van der Waals surface area contributed by atoms with E-state index < -0.39 is 12.1 Å². The van der Waals surface area contributed by atoms with Gasteiger partial charge in [-0.15, -0.1) is 0 Å². The Morgan fingerprint density at radius 3 is 2.33 bits per heavy atom. The highest BCUT2D eigenvalue weighted by molar-refractivity contribution is 5.82. The van der Waals surface area contributed by atoms with E-state index in [2.05, 4.69) is 18.7 Å². The number of likely N-dealkylation sites (tertiary alicyclic amines) is 1. The van der Waals surface area contributed by atoms with E-state index in [-0.39, 0.29) is 18.8 Å². The number of halogens is 3. The summed E-state index contributed by atoms with van der Waals surface area (Å²) < 4.78 is 38.0. The Morgan fingerprint density at radius 1 is 1.19 bits per heavy atom. The van der Waals surface area contributed by atoms with E-state index in [1.54, 1.807) is 0 Å². The number of hydrogen-bond acceptors (Lipinski definition) is 2. The van der Waals surface area contributed by atoms with Gasteiger partial charge < -0.3 is 4.90 Å². The van der Waals surface area contributed by atoms with E-state index in [1.165, 1.54) is 0 Å². The molecule has 1 aliphatic heterocycles. The van der Waals surface area contributed by atoms with Crippen LogP contribution in [0.15, 0.2) is 0 Å². The molecule has 1 heterocycles. The lowest BCUT2D eigenvalue weighted by Crippen LogP contribution is -2.43. The quantitative estimate of drug-likeness (QED) is 0.788. The number of nitrogens with zero attached hydrogens (tertiary/aromatic N) is 1. The second kappa shape index (κ2) is 6.67. The van der Waals surface area contributed by atoms with Gasteiger partial charge in [0.15, 0.2) is 0 Å². The molecule has 0 aromatic heterocycles. The fourth-order valence-electron chi connectivity index (χ4n) is 3.68. The third-order valence-corrected chi connectivity index (χ3v) is 5.28. The molecule has 21 heavy (non-hydrogen) atoms. The highest BCUT2D eigenvalue weighted by Crippen LogP contribution is 2.36. The van der Waals surface area contributed by atoms with Crippen molar-refractivity contribution in [3.05, 3.63) is 0 Å². The SMILES string of the molecule is CC(C)C1CCC(=O)C(CN2CCC(C(F)(F)F)CC2)C1. The fourth-order valence-corrected chi connectivity index (χ4v) is 3.68. The van der Waals surface area contributed by atoms with Gasteiger partial charge in [-0.3, -0.25) is 4.79 Å². The van der Waals surface area contributed by atoms with Crippen LogP contribution in [0.25, 0.3) is 0 Å². The normalized spacial score (nSPS) is 30.1. The highest BCUT2D eigenvalue weighted by atomic mass is 19.4. The Labute approximate surface area is 125 Å². The van der Waals surface area contributed by atoms with Gasteiger partial charge in [-0.05, 0) is 50.6 Å². The van der Waals surface area contributed by atoms with Crippen molar-refractivity contribution in [1.82, 2.24) is 4.90 Å². The third kappa shape index (κ3) is 4.44. The molecular weight excluding hydrogens is 279 g/mol. The summed E-state index contributed by atoms with van der Waals surface area (Å²) in [7, 11) is 0. The van der Waals surface area contributed by atoms with Crippen LogP contribution in [-0.4, -0.2) is 36.5 Å². The zero-order valence-corrected chi connectivity index (χ0v) is 13.0. The predicted molar refractivity (Wildman–Crippen MR) is 75.9 cm³/mol. The standard InChI is InChI=1S/C16H26F3NO/c1-11(2)12-3-4-15(21)13(9-12)10-20-7-5-14(6-8-20)16(17,18)19/h11-14H,3-10H2,1-2H3. The van der Waals surface area contributed by atoms with Crippen LogP contribution in [0.2, 0.25) is 0 Å². The van der Waals surface area contributed by atoms with E-state index in [1.807, 2.05) is 0 Å². The molecule has 0 aromatic carbocycles. The maximum absolute atomic E-state index is 12.7. The predicted octanol–water partition coefficient (Wildman–Crippen LogP) is 3.90. The fraction of sp³-hybridized carbons (Fsp3) is 0.938. The van der Waals surface area contributed by atoms with Crippen molar-refractivity contribution in [2.24, 2.45) is 23.7 Å². The number of alkyl halides is 3. The van der Waals surface area contributed by atoms with Gasteiger partial charge >= 0.3 is 6.18 Å². The van der Waals surface area contributed by atoms with Crippen molar-refractivity contribution in [2.75, 3.05) is 19.6 Å². The summed E-state index contributed by atoms with van der Waals surface area (Å²) >= 11 is 0. The van der Waals surface area contributed by atoms with Gasteiger partial charge in [-0.25, -0.2) is 0 Å². The van der Waals surface area contributed by atoms with Crippen LogP contribution < -0.4 is 0 Å². The Balaban J connectivity index is 1.83. The lowest BCUT2D eigenvalue weighted by atomic mass is 9.75. The average molecular weight is 305 g/mol. The molecule has 1 saturated carbocycles. The van der Waals surface area contributed by atoms with Gasteiger partial charge in [0.25, 0.3) is 0 Å². The smallest absolute Gasteiger partial charge is 0.303 e. The molecule has 1 saturated heterocycles. The topological polar surface area (TPSA) is 20.3 Å². The molecule has 2 atom stereocenters. The van der Waals surface area contributed by atoms with Crippen molar-refractivity contribution in [2.45, 2.75) is 52.1 Å². The number of hydrogen-bond donors (Lipinski definition) is 0. The molecular formula is C16H26F3NO. The van der Waals surface area contributed by atoms with E-state index in [4.69, 9.17) is 0 Å². The Morgan fingerprint density at radius 2 is 1.81 bits per heavy atom. The van der Waals surface area contributed by atoms with Gasteiger partial charge in [-0.2, -0.15) is 13.2 Å². The van der Waals surface area contributed by atoms with Gasteiger partial charge in [0.1, 0.15) is 5.78 Å². The minimum atomic E-state index is -4.06. The summed E-state index contributed by atoms with van der Waals surface area (Å²) in [6.45, 7) is 5.98. The van der Waals surface area contributed by atoms with Crippen molar-refractivity contribution in [3.8, 4) is 0 Å². The molecule has 2 unspecified atom stereocenters. The molecule has 122 valence electrons. The molecule has 0 N–H and O–H groups in total. The van der Waals surface area contributed by atoms with Crippen LogP contribution in [-0.2, 0) is 4.79 Å². The van der Waals surface area contributed by atoms with Gasteiger partial charge in [-0.1, -0.05) is 13.8 Å². The summed E-state index contributed by atoms with van der Waals surface area (Å²) in [5.41, 5.74) is 0. The molecule has 0 spiro atoms. The maximum atomic E-state index is 12.7. The van der Waals surface area contributed by atoms with Crippen molar-refractivity contribution in [1.29, 1.82) is 0 Å². The summed E-state index contributed by atoms with van der Waals surface area (Å²) in [4.78, 5) is 14.1. The Hall–Kier alpha value is -0.580. The number of rotatable bonds is 3. The van der Waals surface area contributed by atoms with Gasteiger partial charge in [0, 0.05) is 18.9 Å². The first-order valence-corrected chi connectivity index (χ1v) is 8.09. The first-order valence-electron chi connectivity index (χ1n) is 8.09. The molecule has 0 aromatic rings. The first kappa shape index (κ1) is 16.8. The number of piperidine rings is 1. The second-order valence-electron chi connectivity index (χ2n) is 7.06. The lowest BCUT2D eigenvalue weighted by molar-refractivity contribution is -0.185. The largest absolute Gasteiger partial charge is 0.391 e. The summed E-state index contributed by atoms with van der Waals surface area (Å²) in [6, 6.07) is 0. The third-order valence-electron chi connectivity index (χ3n) is 5.28. The minimum Gasteiger partial charge on any atom is -0.303 e. The van der Waals surface area contributed by atoms with Crippen LogP contribution in [0.4, 0.5) is 13.2 Å².